The number of hydrogen-bond donors (Lipinski definition) is 2. The zero-order valence-electron chi connectivity index (χ0n) is 10.4. The summed E-state index contributed by atoms with van der Waals surface area (Å²) in [5.41, 5.74) is 7.81. The molecule has 0 aliphatic rings. The summed E-state index contributed by atoms with van der Waals surface area (Å²) in [6, 6.07) is 5.76. The largest absolute Gasteiger partial charge is 0.497 e. The average Bonchev–Trinajstić information content (AvgIpc) is 2.31. The third-order valence-electron chi connectivity index (χ3n) is 2.86. The fraction of sp³-hybridized carbons (Fsp3) is 0.538. The second-order valence-corrected chi connectivity index (χ2v) is 4.21. The summed E-state index contributed by atoms with van der Waals surface area (Å²) < 4.78 is 5.18. The Balaban J connectivity index is 2.52. The molecule has 1 atom stereocenters. The van der Waals surface area contributed by atoms with Crippen LogP contribution in [0.2, 0.25) is 0 Å². The van der Waals surface area contributed by atoms with Crippen molar-refractivity contribution in [2.75, 3.05) is 19.4 Å². The first-order valence-corrected chi connectivity index (χ1v) is 5.80. The highest BCUT2D eigenvalue weighted by Crippen LogP contribution is 2.19. The van der Waals surface area contributed by atoms with E-state index in [0.29, 0.717) is 5.92 Å². The summed E-state index contributed by atoms with van der Waals surface area (Å²) >= 11 is 0. The number of hydrogen-bond acceptors (Lipinski definition) is 3. The average molecular weight is 222 g/mol. The monoisotopic (exact) mass is 222 g/mol. The van der Waals surface area contributed by atoms with Gasteiger partial charge in [0.05, 0.1) is 7.11 Å². The van der Waals surface area contributed by atoms with Crippen LogP contribution in [-0.2, 0) is 6.54 Å². The molecule has 1 aromatic rings. The second kappa shape index (κ2) is 6.38. The predicted molar refractivity (Wildman–Crippen MR) is 68.6 cm³/mol. The quantitative estimate of drug-likeness (QED) is 0.727. The lowest BCUT2D eigenvalue weighted by atomic mass is 10.1. The van der Waals surface area contributed by atoms with Gasteiger partial charge in [0, 0.05) is 12.2 Å². The molecule has 0 heterocycles. The van der Waals surface area contributed by atoms with E-state index in [-0.39, 0.29) is 0 Å². The molecule has 90 valence electrons. The molecule has 3 N–H and O–H groups in total. The summed E-state index contributed by atoms with van der Waals surface area (Å²) in [5.74, 6) is 1.56. The van der Waals surface area contributed by atoms with Crippen LogP contribution in [0.5, 0.6) is 5.75 Å². The third-order valence-corrected chi connectivity index (χ3v) is 2.86. The Morgan fingerprint density at radius 1 is 1.44 bits per heavy atom. The zero-order valence-corrected chi connectivity index (χ0v) is 10.4. The van der Waals surface area contributed by atoms with Gasteiger partial charge in [0.2, 0.25) is 0 Å². The van der Waals surface area contributed by atoms with Crippen molar-refractivity contribution >= 4 is 5.69 Å². The van der Waals surface area contributed by atoms with Gasteiger partial charge in [-0.2, -0.15) is 0 Å². The number of rotatable bonds is 6. The number of methoxy groups -OCH3 is 1. The smallest absolute Gasteiger partial charge is 0.119 e. The Kier molecular flexibility index (Phi) is 5.12. The van der Waals surface area contributed by atoms with Crippen LogP contribution >= 0.6 is 0 Å². The Morgan fingerprint density at radius 3 is 2.81 bits per heavy atom. The third kappa shape index (κ3) is 3.74. The lowest BCUT2D eigenvalue weighted by Crippen LogP contribution is -2.20. The van der Waals surface area contributed by atoms with E-state index in [2.05, 4.69) is 19.2 Å². The Morgan fingerprint density at radius 2 is 2.19 bits per heavy atom. The van der Waals surface area contributed by atoms with Crippen LogP contribution < -0.4 is 15.8 Å². The van der Waals surface area contributed by atoms with Crippen molar-refractivity contribution in [1.29, 1.82) is 0 Å². The molecule has 0 aromatic heterocycles. The summed E-state index contributed by atoms with van der Waals surface area (Å²) in [5, 5.41) is 3.41. The van der Waals surface area contributed by atoms with Gasteiger partial charge in [0.15, 0.2) is 0 Å². The zero-order chi connectivity index (χ0) is 12.0. The van der Waals surface area contributed by atoms with E-state index < -0.39 is 0 Å². The van der Waals surface area contributed by atoms with E-state index in [4.69, 9.17) is 10.5 Å². The SMILES string of the molecule is CCC(C)CNCc1cc(OC)ccc1N. The van der Waals surface area contributed by atoms with E-state index in [1.807, 2.05) is 18.2 Å². The molecule has 3 heteroatoms. The highest BCUT2D eigenvalue weighted by atomic mass is 16.5. The van der Waals surface area contributed by atoms with E-state index in [9.17, 15) is 0 Å². The fourth-order valence-corrected chi connectivity index (χ4v) is 1.46. The molecule has 1 rings (SSSR count). The maximum absolute atomic E-state index is 5.90. The molecule has 0 saturated carbocycles. The van der Waals surface area contributed by atoms with Crippen molar-refractivity contribution < 1.29 is 4.74 Å². The van der Waals surface area contributed by atoms with Crippen LogP contribution in [0.1, 0.15) is 25.8 Å². The van der Waals surface area contributed by atoms with Crippen molar-refractivity contribution in [2.45, 2.75) is 26.8 Å². The van der Waals surface area contributed by atoms with Gasteiger partial charge in [0.1, 0.15) is 5.75 Å². The van der Waals surface area contributed by atoms with Crippen LogP contribution in [0.25, 0.3) is 0 Å². The van der Waals surface area contributed by atoms with Crippen LogP contribution in [0.3, 0.4) is 0 Å². The minimum atomic E-state index is 0.701. The topological polar surface area (TPSA) is 47.3 Å². The molecule has 0 saturated heterocycles. The van der Waals surface area contributed by atoms with Gasteiger partial charge in [-0.05, 0) is 36.2 Å². The first-order chi connectivity index (χ1) is 7.67. The number of nitrogen functional groups attached to an aromatic ring is 1. The lowest BCUT2D eigenvalue weighted by molar-refractivity contribution is 0.414. The lowest BCUT2D eigenvalue weighted by Gasteiger charge is -2.12. The first kappa shape index (κ1) is 12.8. The standard InChI is InChI=1S/C13H22N2O/c1-4-10(2)8-15-9-11-7-12(16-3)5-6-13(11)14/h5-7,10,15H,4,8-9,14H2,1-3H3. The number of anilines is 1. The molecule has 0 bridgehead atoms. The van der Waals surface area contributed by atoms with Gasteiger partial charge in [-0.15, -0.1) is 0 Å². The van der Waals surface area contributed by atoms with Crippen molar-refractivity contribution in [3.63, 3.8) is 0 Å². The maximum atomic E-state index is 5.90. The van der Waals surface area contributed by atoms with E-state index in [1.165, 1.54) is 6.42 Å². The van der Waals surface area contributed by atoms with Gasteiger partial charge in [0.25, 0.3) is 0 Å². The molecule has 0 aliphatic heterocycles. The van der Waals surface area contributed by atoms with E-state index in [1.54, 1.807) is 7.11 Å². The predicted octanol–water partition coefficient (Wildman–Crippen LogP) is 2.41. The van der Waals surface area contributed by atoms with Crippen LogP contribution in [0.15, 0.2) is 18.2 Å². The molecular formula is C13H22N2O. The Bertz CT molecular complexity index is 326. The molecule has 3 nitrogen and oxygen atoms in total. The molecule has 0 amide bonds. The normalized spacial score (nSPS) is 12.4. The van der Waals surface area contributed by atoms with Gasteiger partial charge in [-0.1, -0.05) is 20.3 Å². The summed E-state index contributed by atoms with van der Waals surface area (Å²) in [6.45, 7) is 6.26. The van der Waals surface area contributed by atoms with E-state index >= 15 is 0 Å². The molecule has 1 aromatic carbocycles. The maximum Gasteiger partial charge on any atom is 0.119 e. The highest BCUT2D eigenvalue weighted by molar-refractivity contribution is 5.50. The molecule has 0 aliphatic carbocycles. The summed E-state index contributed by atoms with van der Waals surface area (Å²) in [7, 11) is 1.67. The van der Waals surface area contributed by atoms with Gasteiger partial charge < -0.3 is 15.8 Å². The number of benzene rings is 1. The fourth-order valence-electron chi connectivity index (χ4n) is 1.46. The van der Waals surface area contributed by atoms with Crippen molar-refractivity contribution in [2.24, 2.45) is 5.92 Å². The second-order valence-electron chi connectivity index (χ2n) is 4.21. The summed E-state index contributed by atoms with van der Waals surface area (Å²) in [6.07, 6.45) is 1.20. The van der Waals surface area contributed by atoms with Crippen molar-refractivity contribution in [3.05, 3.63) is 23.8 Å². The Labute approximate surface area is 98.0 Å². The molecule has 1 unspecified atom stereocenters. The van der Waals surface area contributed by atoms with E-state index in [0.717, 1.165) is 30.1 Å². The Hall–Kier alpha value is -1.22. The van der Waals surface area contributed by atoms with Crippen molar-refractivity contribution in [1.82, 2.24) is 5.32 Å². The van der Waals surface area contributed by atoms with Crippen LogP contribution in [0, 0.1) is 5.92 Å². The summed E-state index contributed by atoms with van der Waals surface area (Å²) in [4.78, 5) is 0. The minimum absolute atomic E-state index is 0.701. The molecule has 0 fully saturated rings. The van der Waals surface area contributed by atoms with Gasteiger partial charge in [-0.3, -0.25) is 0 Å². The van der Waals surface area contributed by atoms with Crippen LogP contribution in [-0.4, -0.2) is 13.7 Å². The van der Waals surface area contributed by atoms with Crippen molar-refractivity contribution in [3.8, 4) is 5.75 Å². The minimum Gasteiger partial charge on any atom is -0.497 e. The number of nitrogens with two attached hydrogens (primary N) is 1. The number of nitrogens with one attached hydrogen (secondary N) is 1. The number of ether oxygens (including phenoxy) is 1. The molecule has 16 heavy (non-hydrogen) atoms. The van der Waals surface area contributed by atoms with Crippen LogP contribution in [0.4, 0.5) is 5.69 Å². The molecule has 0 spiro atoms. The first-order valence-electron chi connectivity index (χ1n) is 5.80. The molecular weight excluding hydrogens is 200 g/mol. The van der Waals surface area contributed by atoms with Gasteiger partial charge in [-0.25, -0.2) is 0 Å². The molecule has 0 radical (unpaired) electrons. The van der Waals surface area contributed by atoms with Gasteiger partial charge >= 0.3 is 0 Å². The highest BCUT2D eigenvalue weighted by Gasteiger charge is 2.02.